The van der Waals surface area contributed by atoms with Gasteiger partial charge in [-0.05, 0) is 43.2 Å². The molecule has 174 valence electrons. The molecular formula is C26H25N3O4S. The van der Waals surface area contributed by atoms with E-state index in [-0.39, 0.29) is 5.91 Å². The lowest BCUT2D eigenvalue weighted by atomic mass is 10.0. The highest BCUT2D eigenvalue weighted by Gasteiger charge is 2.23. The largest absolute Gasteiger partial charge is 0.497 e. The second-order valence-corrected chi connectivity index (χ2v) is 8.88. The van der Waals surface area contributed by atoms with Gasteiger partial charge in [-0.2, -0.15) is 0 Å². The molecule has 0 atom stereocenters. The Hall–Kier alpha value is -3.91. The van der Waals surface area contributed by atoms with Crippen LogP contribution in [0.3, 0.4) is 0 Å². The first-order valence-electron chi connectivity index (χ1n) is 10.7. The lowest BCUT2D eigenvalue weighted by Gasteiger charge is -2.13. The lowest BCUT2D eigenvalue weighted by Crippen LogP contribution is -2.18. The Labute approximate surface area is 201 Å². The van der Waals surface area contributed by atoms with Crippen LogP contribution in [-0.4, -0.2) is 31.0 Å². The summed E-state index contributed by atoms with van der Waals surface area (Å²) in [5.74, 6) is 0.322. The van der Waals surface area contributed by atoms with Crippen LogP contribution in [-0.2, 0) is 6.42 Å². The minimum atomic E-state index is -0.556. The number of carbonyl (C=O) groups excluding carboxylic acids is 2. The maximum Gasteiger partial charge on any atom is 0.257 e. The van der Waals surface area contributed by atoms with E-state index >= 15 is 0 Å². The zero-order valence-electron chi connectivity index (χ0n) is 19.4. The zero-order chi connectivity index (χ0) is 24.4. The maximum atomic E-state index is 13.5. The van der Waals surface area contributed by atoms with Crippen molar-refractivity contribution in [2.24, 2.45) is 5.73 Å². The number of nitrogens with zero attached hydrogens (tertiary/aromatic N) is 1. The molecular weight excluding hydrogens is 450 g/mol. The van der Waals surface area contributed by atoms with Gasteiger partial charge in [-0.3, -0.25) is 9.59 Å². The summed E-state index contributed by atoms with van der Waals surface area (Å²) in [6.45, 7) is 3.87. The molecule has 4 aromatic rings. The van der Waals surface area contributed by atoms with E-state index in [0.717, 1.165) is 16.0 Å². The molecule has 2 aromatic carbocycles. The molecule has 0 saturated heterocycles. The SMILES string of the molecule is CCc1c(C)sc(NC(=O)c2cc(-c3ccc(OC)cc3OC)nc3ccccc23)c1C(N)=O. The number of aryl methyl sites for hydroxylation is 1. The van der Waals surface area contributed by atoms with Crippen molar-refractivity contribution in [3.05, 3.63) is 70.1 Å². The van der Waals surface area contributed by atoms with Crippen LogP contribution >= 0.6 is 11.3 Å². The first-order valence-corrected chi connectivity index (χ1v) is 11.5. The number of nitrogens with two attached hydrogens (primary N) is 1. The summed E-state index contributed by atoms with van der Waals surface area (Å²) in [5.41, 5.74) is 9.27. The number of methoxy groups -OCH3 is 2. The molecule has 2 amide bonds. The zero-order valence-corrected chi connectivity index (χ0v) is 20.2. The number of rotatable bonds is 7. The quantitative estimate of drug-likeness (QED) is 0.382. The molecule has 0 aliphatic heterocycles. The standard InChI is InChI=1S/C26H25N3O4S/c1-5-16-14(2)34-26(23(16)24(27)30)29-25(31)19-13-21(28-20-9-7-6-8-17(19)20)18-11-10-15(32-3)12-22(18)33-4/h6-13H,5H2,1-4H3,(H2,27,30)(H,29,31). The fraction of sp³-hybridized carbons (Fsp3) is 0.192. The van der Waals surface area contributed by atoms with Gasteiger partial charge in [-0.1, -0.05) is 25.1 Å². The van der Waals surface area contributed by atoms with E-state index in [1.807, 2.05) is 50.2 Å². The van der Waals surface area contributed by atoms with E-state index in [0.29, 0.717) is 50.6 Å². The molecule has 0 bridgehead atoms. The maximum absolute atomic E-state index is 13.5. The summed E-state index contributed by atoms with van der Waals surface area (Å²) < 4.78 is 10.8. The van der Waals surface area contributed by atoms with Gasteiger partial charge in [0.2, 0.25) is 0 Å². The molecule has 0 saturated carbocycles. The third-order valence-electron chi connectivity index (χ3n) is 5.68. The van der Waals surface area contributed by atoms with Crippen molar-refractivity contribution in [2.75, 3.05) is 19.5 Å². The van der Waals surface area contributed by atoms with Crippen LogP contribution in [0.5, 0.6) is 11.5 Å². The van der Waals surface area contributed by atoms with E-state index in [9.17, 15) is 9.59 Å². The second kappa shape index (κ2) is 9.52. The third-order valence-corrected chi connectivity index (χ3v) is 6.74. The van der Waals surface area contributed by atoms with Gasteiger partial charge in [0.15, 0.2) is 0 Å². The highest BCUT2D eigenvalue weighted by atomic mass is 32.1. The van der Waals surface area contributed by atoms with Crippen LogP contribution in [0.25, 0.3) is 22.2 Å². The second-order valence-electron chi connectivity index (χ2n) is 7.65. The lowest BCUT2D eigenvalue weighted by molar-refractivity contribution is 0.100. The Morgan fingerprint density at radius 3 is 2.53 bits per heavy atom. The van der Waals surface area contributed by atoms with Crippen molar-refractivity contribution in [3.63, 3.8) is 0 Å². The summed E-state index contributed by atoms with van der Waals surface area (Å²) in [6.07, 6.45) is 0.649. The number of aromatic nitrogens is 1. The number of thiophene rings is 1. The molecule has 3 N–H and O–H groups in total. The number of primary amides is 1. The molecule has 4 rings (SSSR count). The van der Waals surface area contributed by atoms with Gasteiger partial charge < -0.3 is 20.5 Å². The Bertz CT molecular complexity index is 1410. The number of pyridine rings is 1. The van der Waals surface area contributed by atoms with Gasteiger partial charge in [0.05, 0.1) is 36.6 Å². The summed E-state index contributed by atoms with van der Waals surface area (Å²) in [5, 5.41) is 4.07. The van der Waals surface area contributed by atoms with Gasteiger partial charge in [-0.25, -0.2) is 4.98 Å². The number of ether oxygens (including phenoxy) is 2. The number of hydrogen-bond acceptors (Lipinski definition) is 6. The van der Waals surface area contributed by atoms with E-state index in [1.54, 1.807) is 26.4 Å². The van der Waals surface area contributed by atoms with Gasteiger partial charge in [0.25, 0.3) is 11.8 Å². The molecule has 34 heavy (non-hydrogen) atoms. The van der Waals surface area contributed by atoms with Crippen molar-refractivity contribution >= 4 is 39.1 Å². The van der Waals surface area contributed by atoms with Crippen LogP contribution in [0.4, 0.5) is 5.00 Å². The minimum Gasteiger partial charge on any atom is -0.497 e. The Morgan fingerprint density at radius 2 is 1.85 bits per heavy atom. The van der Waals surface area contributed by atoms with Crippen molar-refractivity contribution in [1.82, 2.24) is 4.98 Å². The molecule has 2 heterocycles. The normalized spacial score (nSPS) is 10.8. The molecule has 2 aromatic heterocycles. The fourth-order valence-electron chi connectivity index (χ4n) is 4.03. The Morgan fingerprint density at radius 1 is 1.09 bits per heavy atom. The number of hydrogen-bond donors (Lipinski definition) is 2. The number of para-hydroxylation sites is 1. The number of benzene rings is 2. The molecule has 8 heteroatoms. The smallest absolute Gasteiger partial charge is 0.257 e. The average molecular weight is 476 g/mol. The highest BCUT2D eigenvalue weighted by Crippen LogP contribution is 2.36. The monoisotopic (exact) mass is 475 g/mol. The van der Waals surface area contributed by atoms with Crippen molar-refractivity contribution in [2.45, 2.75) is 20.3 Å². The Kier molecular flexibility index (Phi) is 6.51. The van der Waals surface area contributed by atoms with Gasteiger partial charge in [0, 0.05) is 21.9 Å². The average Bonchev–Trinajstić information content (AvgIpc) is 3.17. The van der Waals surface area contributed by atoms with E-state index < -0.39 is 5.91 Å². The molecule has 0 spiro atoms. The van der Waals surface area contributed by atoms with Gasteiger partial charge in [-0.15, -0.1) is 11.3 Å². The highest BCUT2D eigenvalue weighted by molar-refractivity contribution is 7.16. The fourth-order valence-corrected chi connectivity index (χ4v) is 5.18. The van der Waals surface area contributed by atoms with E-state index in [4.69, 9.17) is 20.2 Å². The van der Waals surface area contributed by atoms with Crippen molar-refractivity contribution in [1.29, 1.82) is 0 Å². The van der Waals surface area contributed by atoms with Gasteiger partial charge >= 0.3 is 0 Å². The molecule has 0 radical (unpaired) electrons. The minimum absolute atomic E-state index is 0.348. The number of nitrogens with one attached hydrogen (secondary N) is 1. The molecule has 0 aliphatic rings. The van der Waals surface area contributed by atoms with Crippen LogP contribution in [0.15, 0.2) is 48.5 Å². The van der Waals surface area contributed by atoms with Crippen molar-refractivity contribution < 1.29 is 19.1 Å². The summed E-state index contributed by atoms with van der Waals surface area (Å²) in [4.78, 5) is 31.4. The van der Waals surface area contributed by atoms with Crippen LogP contribution in [0.2, 0.25) is 0 Å². The van der Waals surface area contributed by atoms with Gasteiger partial charge in [0.1, 0.15) is 16.5 Å². The summed E-state index contributed by atoms with van der Waals surface area (Å²) in [7, 11) is 3.16. The van der Waals surface area contributed by atoms with Crippen molar-refractivity contribution in [3.8, 4) is 22.8 Å². The number of carbonyl (C=O) groups is 2. The molecule has 7 nitrogen and oxygen atoms in total. The van der Waals surface area contributed by atoms with Crippen LogP contribution in [0.1, 0.15) is 38.1 Å². The van der Waals surface area contributed by atoms with E-state index in [1.165, 1.54) is 11.3 Å². The Balaban J connectivity index is 1.84. The number of anilines is 1. The summed E-state index contributed by atoms with van der Waals surface area (Å²) >= 11 is 1.35. The third kappa shape index (κ3) is 4.20. The summed E-state index contributed by atoms with van der Waals surface area (Å²) in [6, 6.07) is 14.6. The number of fused-ring (bicyclic) bond motifs is 1. The van der Waals surface area contributed by atoms with Crippen LogP contribution < -0.4 is 20.5 Å². The molecule has 0 fully saturated rings. The predicted molar refractivity (Wildman–Crippen MR) is 135 cm³/mol. The topological polar surface area (TPSA) is 104 Å². The van der Waals surface area contributed by atoms with Crippen LogP contribution in [0, 0.1) is 6.92 Å². The first kappa shape index (κ1) is 23.3. The molecule has 0 aliphatic carbocycles. The number of amides is 2. The molecule has 0 unspecified atom stereocenters. The first-order chi connectivity index (χ1) is 16.4. The van der Waals surface area contributed by atoms with E-state index in [2.05, 4.69) is 5.32 Å². The predicted octanol–water partition coefficient (Wildman–Crippen LogP) is 5.20.